The third-order valence-corrected chi connectivity index (χ3v) is 4.61. The fraction of sp³-hybridized carbons (Fsp3) is 0.632. The van der Waals surface area contributed by atoms with Crippen LogP contribution in [0, 0.1) is 12.8 Å². The monoisotopic (exact) mass is 287 g/mol. The first-order valence-corrected chi connectivity index (χ1v) is 8.35. The van der Waals surface area contributed by atoms with Gasteiger partial charge in [0.15, 0.2) is 0 Å². The number of aryl methyl sites for hydroxylation is 2. The molecule has 116 valence electrons. The van der Waals surface area contributed by atoms with E-state index in [-0.39, 0.29) is 0 Å². The molecule has 0 bridgehead atoms. The van der Waals surface area contributed by atoms with Crippen LogP contribution in [0.4, 0.5) is 0 Å². The predicted molar refractivity (Wildman–Crippen MR) is 88.3 cm³/mol. The van der Waals surface area contributed by atoms with Crippen LogP contribution >= 0.6 is 0 Å². The summed E-state index contributed by atoms with van der Waals surface area (Å²) in [5, 5.41) is 0. The summed E-state index contributed by atoms with van der Waals surface area (Å²) in [6, 6.07) is 9.53. The van der Waals surface area contributed by atoms with E-state index in [4.69, 9.17) is 0 Å². The van der Waals surface area contributed by atoms with Gasteiger partial charge in [-0.3, -0.25) is 4.79 Å². The minimum absolute atomic E-state index is 0.353. The van der Waals surface area contributed by atoms with E-state index in [0.29, 0.717) is 30.3 Å². The molecule has 0 radical (unpaired) electrons. The van der Waals surface area contributed by atoms with E-state index >= 15 is 0 Å². The van der Waals surface area contributed by atoms with Crippen molar-refractivity contribution in [3.8, 4) is 0 Å². The molecule has 1 aromatic rings. The van der Waals surface area contributed by atoms with Crippen molar-refractivity contribution >= 4 is 5.91 Å². The molecule has 1 aliphatic rings. The van der Waals surface area contributed by atoms with Crippen molar-refractivity contribution < 1.29 is 4.79 Å². The maximum absolute atomic E-state index is 12.5. The minimum atomic E-state index is 0.353. The lowest BCUT2D eigenvalue weighted by atomic mass is 10.0. The third kappa shape index (κ3) is 4.59. The molecule has 2 nitrogen and oxygen atoms in total. The van der Waals surface area contributed by atoms with Gasteiger partial charge in [0.05, 0.1) is 0 Å². The topological polar surface area (TPSA) is 20.3 Å². The van der Waals surface area contributed by atoms with Crippen LogP contribution in [0.25, 0.3) is 0 Å². The molecule has 2 heteroatoms. The number of nitrogens with zero attached hydrogens (tertiary/aromatic N) is 1. The van der Waals surface area contributed by atoms with Gasteiger partial charge < -0.3 is 4.90 Å². The van der Waals surface area contributed by atoms with Crippen LogP contribution in [0.15, 0.2) is 24.3 Å². The molecule has 0 saturated heterocycles. The zero-order valence-corrected chi connectivity index (χ0v) is 13.9. The van der Waals surface area contributed by atoms with Crippen LogP contribution in [-0.4, -0.2) is 22.9 Å². The molecule has 0 heterocycles. The highest BCUT2D eigenvalue weighted by Crippen LogP contribution is 2.31. The largest absolute Gasteiger partial charge is 0.337 e. The van der Waals surface area contributed by atoms with Gasteiger partial charge in [-0.2, -0.15) is 0 Å². The first-order chi connectivity index (χ1) is 9.99. The van der Waals surface area contributed by atoms with Crippen molar-refractivity contribution in [3.05, 3.63) is 35.4 Å². The first kappa shape index (κ1) is 16.1. The summed E-state index contributed by atoms with van der Waals surface area (Å²) in [7, 11) is 0. The maximum Gasteiger partial charge on any atom is 0.223 e. The summed E-state index contributed by atoms with van der Waals surface area (Å²) < 4.78 is 0. The molecule has 1 aromatic carbocycles. The van der Waals surface area contributed by atoms with Crippen LogP contribution in [-0.2, 0) is 11.2 Å². The quantitative estimate of drug-likeness (QED) is 0.730. The Morgan fingerprint density at radius 3 is 2.33 bits per heavy atom. The van der Waals surface area contributed by atoms with Crippen LogP contribution in [0.1, 0.15) is 57.6 Å². The Balaban J connectivity index is 1.83. The van der Waals surface area contributed by atoms with Crippen LogP contribution in [0.2, 0.25) is 0 Å². The highest BCUT2D eigenvalue weighted by atomic mass is 16.2. The van der Waals surface area contributed by atoms with Gasteiger partial charge in [0.1, 0.15) is 0 Å². The molecule has 21 heavy (non-hydrogen) atoms. The van der Waals surface area contributed by atoms with Crippen molar-refractivity contribution in [1.82, 2.24) is 4.90 Å². The van der Waals surface area contributed by atoms with Crippen molar-refractivity contribution in [3.63, 3.8) is 0 Å². The second-order valence-electron chi connectivity index (χ2n) is 6.86. The SMILES string of the molecule is Cc1ccc(CCCC(=O)N(C2CC2)C(C)C(C)C)cc1. The average Bonchev–Trinajstić information content (AvgIpc) is 3.25. The molecule has 1 unspecified atom stereocenters. The second-order valence-corrected chi connectivity index (χ2v) is 6.86. The molecule has 2 rings (SSSR count). The Morgan fingerprint density at radius 1 is 1.19 bits per heavy atom. The smallest absolute Gasteiger partial charge is 0.223 e. The van der Waals surface area contributed by atoms with Crippen molar-refractivity contribution in [2.75, 3.05) is 0 Å². The third-order valence-electron chi connectivity index (χ3n) is 4.61. The number of amides is 1. The number of benzene rings is 1. The Labute approximate surface area is 129 Å². The summed E-state index contributed by atoms with van der Waals surface area (Å²) in [5.41, 5.74) is 2.63. The molecule has 1 atom stereocenters. The van der Waals surface area contributed by atoms with E-state index in [1.165, 1.54) is 24.0 Å². The zero-order valence-electron chi connectivity index (χ0n) is 13.9. The molecular formula is C19H29NO. The molecule has 0 aromatic heterocycles. The first-order valence-electron chi connectivity index (χ1n) is 8.35. The number of hydrogen-bond donors (Lipinski definition) is 0. The van der Waals surface area contributed by atoms with Crippen LogP contribution in [0.5, 0.6) is 0 Å². The van der Waals surface area contributed by atoms with Crippen molar-refractivity contribution in [2.45, 2.75) is 71.9 Å². The van der Waals surface area contributed by atoms with Gasteiger partial charge in [0, 0.05) is 18.5 Å². The predicted octanol–water partition coefficient (Wildman–Crippen LogP) is 4.35. The summed E-state index contributed by atoms with van der Waals surface area (Å²) in [6.07, 6.45) is 5.03. The van der Waals surface area contributed by atoms with Crippen molar-refractivity contribution in [2.24, 2.45) is 5.92 Å². The van der Waals surface area contributed by atoms with Crippen molar-refractivity contribution in [1.29, 1.82) is 0 Å². The van der Waals surface area contributed by atoms with E-state index in [1.807, 2.05) is 0 Å². The summed E-state index contributed by atoms with van der Waals surface area (Å²) in [5.74, 6) is 0.887. The molecule has 0 N–H and O–H groups in total. The number of carbonyl (C=O) groups is 1. The highest BCUT2D eigenvalue weighted by Gasteiger charge is 2.36. The Bertz CT molecular complexity index is 459. The maximum atomic E-state index is 12.5. The highest BCUT2D eigenvalue weighted by molar-refractivity contribution is 5.77. The Hall–Kier alpha value is -1.31. The van der Waals surface area contributed by atoms with Gasteiger partial charge in [-0.05, 0) is 51.0 Å². The number of rotatable bonds is 7. The molecule has 1 fully saturated rings. The average molecular weight is 287 g/mol. The molecule has 1 aliphatic carbocycles. The van der Waals surface area contributed by atoms with Gasteiger partial charge in [0.25, 0.3) is 0 Å². The van der Waals surface area contributed by atoms with E-state index in [1.54, 1.807) is 0 Å². The van der Waals surface area contributed by atoms with Crippen LogP contribution < -0.4 is 0 Å². The van der Waals surface area contributed by atoms with Gasteiger partial charge in [-0.1, -0.05) is 43.7 Å². The molecule has 1 saturated carbocycles. The summed E-state index contributed by atoms with van der Waals surface area (Å²) >= 11 is 0. The zero-order chi connectivity index (χ0) is 15.4. The fourth-order valence-electron chi connectivity index (χ4n) is 2.76. The van der Waals surface area contributed by atoms with E-state index in [9.17, 15) is 4.79 Å². The molecule has 1 amide bonds. The lowest BCUT2D eigenvalue weighted by molar-refractivity contribution is -0.134. The molecule has 0 aliphatic heterocycles. The molecule has 0 spiro atoms. The summed E-state index contributed by atoms with van der Waals surface area (Å²) in [6.45, 7) is 8.72. The van der Waals surface area contributed by atoms with Gasteiger partial charge in [-0.25, -0.2) is 0 Å². The summed E-state index contributed by atoms with van der Waals surface area (Å²) in [4.78, 5) is 14.7. The van der Waals surface area contributed by atoms with Crippen LogP contribution in [0.3, 0.4) is 0 Å². The number of carbonyl (C=O) groups excluding carboxylic acids is 1. The Kier molecular flexibility index (Phi) is 5.44. The van der Waals surface area contributed by atoms with E-state index in [0.717, 1.165) is 12.8 Å². The normalized spacial score (nSPS) is 16.0. The van der Waals surface area contributed by atoms with Gasteiger partial charge in [0.2, 0.25) is 5.91 Å². The number of hydrogen-bond acceptors (Lipinski definition) is 1. The lowest BCUT2D eigenvalue weighted by Crippen LogP contribution is -2.43. The van der Waals surface area contributed by atoms with Gasteiger partial charge in [-0.15, -0.1) is 0 Å². The van der Waals surface area contributed by atoms with E-state index < -0.39 is 0 Å². The Morgan fingerprint density at radius 2 is 1.81 bits per heavy atom. The fourth-order valence-corrected chi connectivity index (χ4v) is 2.76. The van der Waals surface area contributed by atoms with E-state index in [2.05, 4.69) is 56.9 Å². The second kappa shape index (κ2) is 7.11. The van der Waals surface area contributed by atoms with Gasteiger partial charge >= 0.3 is 0 Å². The molecular weight excluding hydrogens is 258 g/mol. The lowest BCUT2D eigenvalue weighted by Gasteiger charge is -2.32. The standard InChI is InChI=1S/C19H29NO/c1-14(2)16(4)20(18-12-13-18)19(21)7-5-6-17-10-8-15(3)9-11-17/h8-11,14,16,18H,5-7,12-13H2,1-4H3. The minimum Gasteiger partial charge on any atom is -0.337 e.